The second-order valence-corrected chi connectivity index (χ2v) is 4.31. The van der Waals surface area contributed by atoms with Crippen LogP contribution in [0.3, 0.4) is 0 Å². The lowest BCUT2D eigenvalue weighted by Crippen LogP contribution is -2.31. The fourth-order valence-electron chi connectivity index (χ4n) is 1.93. The van der Waals surface area contributed by atoms with Crippen LogP contribution in [0.5, 0.6) is 0 Å². The summed E-state index contributed by atoms with van der Waals surface area (Å²) in [6, 6.07) is 0.324. The zero-order valence-corrected chi connectivity index (χ0v) is 9.95. The monoisotopic (exact) mass is 216 g/mol. The van der Waals surface area contributed by atoms with E-state index in [1.165, 1.54) is 13.0 Å². The van der Waals surface area contributed by atoms with Gasteiger partial charge in [-0.1, -0.05) is 0 Å². The molecule has 1 saturated heterocycles. The first kappa shape index (κ1) is 12.9. The maximum atomic E-state index is 5.88. The smallest absolute Gasteiger partial charge is 0.0700 e. The minimum absolute atomic E-state index is 0.324. The molecule has 1 fully saturated rings. The Bertz CT molecular complexity index is 165. The summed E-state index contributed by atoms with van der Waals surface area (Å²) in [6.07, 6.45) is 1.23. The number of nitrogens with zero attached hydrogens (tertiary/aromatic N) is 1. The van der Waals surface area contributed by atoms with E-state index in [0.717, 1.165) is 19.7 Å². The average molecular weight is 216 g/mol. The van der Waals surface area contributed by atoms with Crippen molar-refractivity contribution in [3.8, 4) is 0 Å². The Balaban J connectivity index is 1.99. The molecule has 0 aromatic rings. The van der Waals surface area contributed by atoms with Crippen LogP contribution in [0.2, 0.25) is 0 Å². The van der Waals surface area contributed by atoms with E-state index in [9.17, 15) is 0 Å². The number of hydrogen-bond donors (Lipinski definition) is 1. The summed E-state index contributed by atoms with van der Waals surface area (Å²) < 4.78 is 10.3. The predicted molar refractivity (Wildman–Crippen MR) is 60.9 cm³/mol. The molecule has 1 heterocycles. The van der Waals surface area contributed by atoms with Gasteiger partial charge in [-0.2, -0.15) is 0 Å². The zero-order chi connectivity index (χ0) is 11.1. The van der Waals surface area contributed by atoms with E-state index in [4.69, 9.17) is 15.2 Å². The topological polar surface area (TPSA) is 47.7 Å². The predicted octanol–water partition coefficient (Wildman–Crippen LogP) is 0.319. The van der Waals surface area contributed by atoms with Crippen molar-refractivity contribution in [2.75, 3.05) is 46.6 Å². The molecule has 2 unspecified atom stereocenters. The highest BCUT2D eigenvalue weighted by atomic mass is 16.5. The van der Waals surface area contributed by atoms with Crippen molar-refractivity contribution in [2.45, 2.75) is 19.4 Å². The third-order valence-electron chi connectivity index (χ3n) is 3.04. The van der Waals surface area contributed by atoms with Crippen molar-refractivity contribution in [3.63, 3.8) is 0 Å². The van der Waals surface area contributed by atoms with Crippen molar-refractivity contribution in [1.82, 2.24) is 4.90 Å². The maximum Gasteiger partial charge on any atom is 0.0700 e. The Kier molecular flexibility index (Phi) is 6.17. The largest absolute Gasteiger partial charge is 0.382 e. The Hall–Kier alpha value is -0.160. The molecule has 0 spiro atoms. The lowest BCUT2D eigenvalue weighted by molar-refractivity contribution is 0.0598. The van der Waals surface area contributed by atoms with Crippen LogP contribution in [-0.4, -0.2) is 57.5 Å². The molecule has 0 saturated carbocycles. The summed E-state index contributed by atoms with van der Waals surface area (Å²) >= 11 is 0. The molecule has 4 nitrogen and oxygen atoms in total. The van der Waals surface area contributed by atoms with Crippen molar-refractivity contribution in [3.05, 3.63) is 0 Å². The van der Waals surface area contributed by atoms with Crippen LogP contribution in [0, 0.1) is 5.92 Å². The fraction of sp³-hybridized carbons (Fsp3) is 1.00. The van der Waals surface area contributed by atoms with Crippen LogP contribution < -0.4 is 5.73 Å². The Morgan fingerprint density at radius 1 is 1.40 bits per heavy atom. The number of methoxy groups -OCH3 is 1. The summed E-state index contributed by atoms with van der Waals surface area (Å²) in [4.78, 5) is 2.43. The third kappa shape index (κ3) is 4.93. The minimum atomic E-state index is 0.324. The van der Waals surface area contributed by atoms with E-state index in [0.29, 0.717) is 25.2 Å². The van der Waals surface area contributed by atoms with Gasteiger partial charge in [-0.05, 0) is 25.8 Å². The molecule has 0 amide bonds. The van der Waals surface area contributed by atoms with Crippen LogP contribution in [0.15, 0.2) is 0 Å². The maximum absolute atomic E-state index is 5.88. The SMILES string of the molecule is COCCOCCN1CCC(C(C)N)C1. The first-order chi connectivity index (χ1) is 7.24. The fourth-order valence-corrected chi connectivity index (χ4v) is 1.93. The van der Waals surface area contributed by atoms with Gasteiger partial charge in [0.15, 0.2) is 0 Å². The molecule has 1 rings (SSSR count). The van der Waals surface area contributed by atoms with Crippen molar-refractivity contribution in [1.29, 1.82) is 0 Å². The minimum Gasteiger partial charge on any atom is -0.382 e. The number of nitrogens with two attached hydrogens (primary N) is 1. The van der Waals surface area contributed by atoms with Gasteiger partial charge in [0.2, 0.25) is 0 Å². The van der Waals surface area contributed by atoms with E-state index in [2.05, 4.69) is 11.8 Å². The van der Waals surface area contributed by atoms with Crippen LogP contribution in [0.1, 0.15) is 13.3 Å². The van der Waals surface area contributed by atoms with E-state index >= 15 is 0 Å². The Morgan fingerprint density at radius 2 is 2.20 bits per heavy atom. The van der Waals surface area contributed by atoms with Gasteiger partial charge in [0, 0.05) is 26.2 Å². The van der Waals surface area contributed by atoms with Gasteiger partial charge in [0.05, 0.1) is 19.8 Å². The molecule has 2 N–H and O–H groups in total. The summed E-state index contributed by atoms with van der Waals surface area (Å²) in [5.74, 6) is 0.670. The molecular weight excluding hydrogens is 192 g/mol. The zero-order valence-electron chi connectivity index (χ0n) is 9.95. The van der Waals surface area contributed by atoms with Gasteiger partial charge < -0.3 is 20.1 Å². The summed E-state index contributed by atoms with van der Waals surface area (Å²) in [6.45, 7) is 7.60. The normalized spacial score (nSPS) is 24.6. The van der Waals surface area contributed by atoms with Crippen molar-refractivity contribution >= 4 is 0 Å². The number of likely N-dealkylation sites (tertiary alicyclic amines) is 1. The summed E-state index contributed by atoms with van der Waals surface area (Å²) in [5, 5.41) is 0. The van der Waals surface area contributed by atoms with Crippen molar-refractivity contribution in [2.24, 2.45) is 11.7 Å². The van der Waals surface area contributed by atoms with Crippen LogP contribution >= 0.6 is 0 Å². The molecule has 4 heteroatoms. The average Bonchev–Trinajstić information content (AvgIpc) is 2.66. The molecule has 15 heavy (non-hydrogen) atoms. The van der Waals surface area contributed by atoms with Crippen LogP contribution in [0.4, 0.5) is 0 Å². The Labute approximate surface area is 92.7 Å². The first-order valence-corrected chi connectivity index (χ1v) is 5.78. The van der Waals surface area contributed by atoms with E-state index < -0.39 is 0 Å². The highest BCUT2D eigenvalue weighted by molar-refractivity contribution is 4.80. The van der Waals surface area contributed by atoms with Crippen molar-refractivity contribution < 1.29 is 9.47 Å². The first-order valence-electron chi connectivity index (χ1n) is 5.78. The highest BCUT2D eigenvalue weighted by Gasteiger charge is 2.24. The van der Waals surface area contributed by atoms with Gasteiger partial charge in [-0.15, -0.1) is 0 Å². The number of rotatable bonds is 7. The van der Waals surface area contributed by atoms with Crippen LogP contribution in [0.25, 0.3) is 0 Å². The second-order valence-electron chi connectivity index (χ2n) is 4.31. The van der Waals surface area contributed by atoms with E-state index in [1.54, 1.807) is 7.11 Å². The molecular formula is C11H24N2O2. The summed E-state index contributed by atoms with van der Waals surface area (Å²) in [7, 11) is 1.69. The standard InChI is InChI=1S/C11H24N2O2/c1-10(12)11-3-4-13(9-11)5-6-15-8-7-14-2/h10-11H,3-9,12H2,1-2H3. The van der Waals surface area contributed by atoms with Gasteiger partial charge in [0.25, 0.3) is 0 Å². The molecule has 0 aliphatic carbocycles. The molecule has 0 aromatic heterocycles. The van der Waals surface area contributed by atoms with Gasteiger partial charge >= 0.3 is 0 Å². The molecule has 0 radical (unpaired) electrons. The van der Waals surface area contributed by atoms with E-state index in [-0.39, 0.29) is 0 Å². The molecule has 0 bridgehead atoms. The van der Waals surface area contributed by atoms with E-state index in [1.807, 2.05) is 0 Å². The molecule has 1 aliphatic rings. The van der Waals surface area contributed by atoms with Gasteiger partial charge in [0.1, 0.15) is 0 Å². The van der Waals surface area contributed by atoms with Crippen LogP contribution in [-0.2, 0) is 9.47 Å². The third-order valence-corrected chi connectivity index (χ3v) is 3.04. The molecule has 90 valence electrons. The number of ether oxygens (including phenoxy) is 2. The lowest BCUT2D eigenvalue weighted by Gasteiger charge is -2.17. The van der Waals surface area contributed by atoms with Gasteiger partial charge in [-0.25, -0.2) is 0 Å². The molecule has 2 atom stereocenters. The number of hydrogen-bond acceptors (Lipinski definition) is 4. The molecule has 0 aromatic carbocycles. The highest BCUT2D eigenvalue weighted by Crippen LogP contribution is 2.17. The quantitative estimate of drug-likeness (QED) is 0.623. The summed E-state index contributed by atoms with van der Waals surface area (Å²) in [5.41, 5.74) is 5.88. The second kappa shape index (κ2) is 7.17. The van der Waals surface area contributed by atoms with Gasteiger partial charge in [-0.3, -0.25) is 0 Å². The lowest BCUT2D eigenvalue weighted by atomic mass is 10.0. The molecule has 1 aliphatic heterocycles. The Morgan fingerprint density at radius 3 is 2.80 bits per heavy atom.